The highest BCUT2D eigenvalue weighted by atomic mass is 35.5. The lowest BCUT2D eigenvalue weighted by Gasteiger charge is -2.25. The van der Waals surface area contributed by atoms with Crippen molar-refractivity contribution in [1.82, 2.24) is 5.32 Å². The molecule has 126 valence electrons. The average molecular weight is 365 g/mol. The summed E-state index contributed by atoms with van der Waals surface area (Å²) in [6.45, 7) is 3.26. The van der Waals surface area contributed by atoms with Gasteiger partial charge >= 0.3 is 0 Å². The van der Waals surface area contributed by atoms with Crippen molar-refractivity contribution >= 4 is 40.7 Å². The summed E-state index contributed by atoms with van der Waals surface area (Å²) >= 11 is 12.0. The zero-order chi connectivity index (χ0) is 17.7. The minimum atomic E-state index is -1.10. The Kier molecular flexibility index (Phi) is 5.86. The Hall–Kier alpha value is -2.04. The fourth-order valence-corrected chi connectivity index (χ4v) is 2.44. The number of rotatable bonds is 5. The van der Waals surface area contributed by atoms with Crippen LogP contribution in [0.1, 0.15) is 19.4 Å². The van der Waals surface area contributed by atoms with Crippen LogP contribution in [0, 0.1) is 0 Å². The number of hydrogen-bond donors (Lipinski definition) is 2. The Morgan fingerprint density at radius 2 is 1.71 bits per heavy atom. The summed E-state index contributed by atoms with van der Waals surface area (Å²) in [6.07, 6.45) is 0.204. The van der Waals surface area contributed by atoms with Crippen LogP contribution in [-0.4, -0.2) is 17.4 Å². The molecular formula is C18H18Cl2N2O2. The number of benzene rings is 2. The van der Waals surface area contributed by atoms with E-state index in [0.29, 0.717) is 15.7 Å². The first-order chi connectivity index (χ1) is 11.3. The summed E-state index contributed by atoms with van der Waals surface area (Å²) in [4.78, 5) is 24.6. The van der Waals surface area contributed by atoms with Crippen LogP contribution in [-0.2, 0) is 16.0 Å². The molecular weight excluding hydrogens is 347 g/mol. The van der Waals surface area contributed by atoms with Gasteiger partial charge in [0.25, 0.3) is 0 Å². The Bertz CT molecular complexity index is 746. The normalized spacial score (nSPS) is 11.0. The maximum absolute atomic E-state index is 12.5. The van der Waals surface area contributed by atoms with Gasteiger partial charge in [-0.2, -0.15) is 0 Å². The molecule has 2 rings (SSSR count). The second-order valence-electron chi connectivity index (χ2n) is 5.91. The highest BCUT2D eigenvalue weighted by Crippen LogP contribution is 2.26. The van der Waals surface area contributed by atoms with Gasteiger partial charge in [0.1, 0.15) is 5.54 Å². The molecule has 0 saturated carbocycles. The molecule has 0 fully saturated rings. The van der Waals surface area contributed by atoms with Gasteiger partial charge < -0.3 is 10.6 Å². The van der Waals surface area contributed by atoms with E-state index >= 15 is 0 Å². The van der Waals surface area contributed by atoms with E-state index in [1.54, 1.807) is 32.0 Å². The topological polar surface area (TPSA) is 58.2 Å². The molecule has 24 heavy (non-hydrogen) atoms. The van der Waals surface area contributed by atoms with Gasteiger partial charge in [-0.25, -0.2) is 0 Å². The van der Waals surface area contributed by atoms with E-state index in [1.807, 2.05) is 30.3 Å². The third-order valence-corrected chi connectivity index (χ3v) is 3.97. The van der Waals surface area contributed by atoms with Crippen LogP contribution < -0.4 is 10.6 Å². The standard InChI is InChI=1S/C18H18Cl2N2O2/c1-18(2,22-16(23)10-12-6-4-3-5-7-12)17(24)21-15-11-13(19)8-9-14(15)20/h3-9,11H,10H2,1-2H3,(H,21,24)(H,22,23). The van der Waals surface area contributed by atoms with Crippen molar-refractivity contribution in [2.24, 2.45) is 0 Å². The fraction of sp³-hybridized carbons (Fsp3) is 0.222. The first-order valence-corrected chi connectivity index (χ1v) is 8.15. The molecule has 4 nitrogen and oxygen atoms in total. The Morgan fingerprint density at radius 3 is 2.38 bits per heavy atom. The van der Waals surface area contributed by atoms with E-state index in [9.17, 15) is 9.59 Å². The number of amides is 2. The summed E-state index contributed by atoms with van der Waals surface area (Å²) in [5.41, 5.74) is 0.181. The molecule has 0 spiro atoms. The molecule has 0 saturated heterocycles. The van der Waals surface area contributed by atoms with Crippen LogP contribution in [0.2, 0.25) is 10.0 Å². The predicted octanol–water partition coefficient (Wildman–Crippen LogP) is 4.07. The van der Waals surface area contributed by atoms with Gasteiger partial charge in [-0.1, -0.05) is 53.5 Å². The summed E-state index contributed by atoms with van der Waals surface area (Å²) in [7, 11) is 0. The van der Waals surface area contributed by atoms with Gasteiger partial charge in [-0.3, -0.25) is 9.59 Å². The monoisotopic (exact) mass is 364 g/mol. The summed E-state index contributed by atoms with van der Waals surface area (Å²) in [6, 6.07) is 14.1. The van der Waals surface area contributed by atoms with Gasteiger partial charge in [0.15, 0.2) is 0 Å². The van der Waals surface area contributed by atoms with Crippen molar-refractivity contribution in [2.75, 3.05) is 5.32 Å². The first kappa shape index (κ1) is 18.3. The molecule has 0 aliphatic rings. The van der Waals surface area contributed by atoms with E-state index in [-0.39, 0.29) is 18.2 Å². The van der Waals surface area contributed by atoms with Crippen molar-refractivity contribution in [1.29, 1.82) is 0 Å². The second kappa shape index (κ2) is 7.69. The molecule has 0 unspecified atom stereocenters. The van der Waals surface area contributed by atoms with Gasteiger partial charge in [0, 0.05) is 5.02 Å². The number of carbonyl (C=O) groups is 2. The minimum absolute atomic E-state index is 0.204. The number of hydrogen-bond acceptors (Lipinski definition) is 2. The summed E-state index contributed by atoms with van der Waals surface area (Å²) in [5.74, 6) is -0.619. The van der Waals surface area contributed by atoms with Gasteiger partial charge in [0.2, 0.25) is 11.8 Å². The van der Waals surface area contributed by atoms with Crippen LogP contribution in [0.15, 0.2) is 48.5 Å². The van der Waals surface area contributed by atoms with Crippen molar-refractivity contribution < 1.29 is 9.59 Å². The van der Waals surface area contributed by atoms with Crippen LogP contribution in [0.4, 0.5) is 5.69 Å². The van der Waals surface area contributed by atoms with Crippen LogP contribution in [0.25, 0.3) is 0 Å². The first-order valence-electron chi connectivity index (χ1n) is 7.39. The lowest BCUT2D eigenvalue weighted by atomic mass is 10.0. The van der Waals surface area contributed by atoms with E-state index in [4.69, 9.17) is 23.2 Å². The number of nitrogens with one attached hydrogen (secondary N) is 2. The van der Waals surface area contributed by atoms with Gasteiger partial charge in [-0.05, 0) is 37.6 Å². The quantitative estimate of drug-likeness (QED) is 0.839. The maximum Gasteiger partial charge on any atom is 0.249 e. The Labute approximate surface area is 151 Å². The third kappa shape index (κ3) is 4.98. The van der Waals surface area contributed by atoms with E-state index in [2.05, 4.69) is 10.6 Å². The smallest absolute Gasteiger partial charge is 0.249 e. The summed E-state index contributed by atoms with van der Waals surface area (Å²) in [5, 5.41) is 6.26. The molecule has 6 heteroatoms. The Balaban J connectivity index is 2.02. The zero-order valence-corrected chi connectivity index (χ0v) is 14.9. The number of anilines is 1. The molecule has 2 aromatic rings. The van der Waals surface area contributed by atoms with Crippen molar-refractivity contribution in [2.45, 2.75) is 25.8 Å². The molecule has 0 aliphatic carbocycles. The SMILES string of the molecule is CC(C)(NC(=O)Cc1ccccc1)C(=O)Nc1cc(Cl)ccc1Cl. The number of halogens is 2. The zero-order valence-electron chi connectivity index (χ0n) is 13.4. The van der Waals surface area contributed by atoms with Crippen molar-refractivity contribution in [3.8, 4) is 0 Å². The van der Waals surface area contributed by atoms with Gasteiger partial charge in [0.05, 0.1) is 17.1 Å². The lowest BCUT2D eigenvalue weighted by molar-refractivity contribution is -0.128. The third-order valence-electron chi connectivity index (χ3n) is 3.40. The van der Waals surface area contributed by atoms with Crippen molar-refractivity contribution in [3.63, 3.8) is 0 Å². The molecule has 2 amide bonds. The van der Waals surface area contributed by atoms with E-state index < -0.39 is 5.54 Å². The van der Waals surface area contributed by atoms with Crippen LogP contribution >= 0.6 is 23.2 Å². The summed E-state index contributed by atoms with van der Waals surface area (Å²) < 4.78 is 0. The highest BCUT2D eigenvalue weighted by Gasteiger charge is 2.29. The van der Waals surface area contributed by atoms with E-state index in [1.165, 1.54) is 0 Å². The Morgan fingerprint density at radius 1 is 1.04 bits per heavy atom. The van der Waals surface area contributed by atoms with Crippen LogP contribution in [0.3, 0.4) is 0 Å². The van der Waals surface area contributed by atoms with Crippen molar-refractivity contribution in [3.05, 3.63) is 64.1 Å². The largest absolute Gasteiger partial charge is 0.342 e. The molecule has 0 bridgehead atoms. The number of carbonyl (C=O) groups excluding carboxylic acids is 2. The van der Waals surface area contributed by atoms with Gasteiger partial charge in [-0.15, -0.1) is 0 Å². The molecule has 0 aromatic heterocycles. The molecule has 0 heterocycles. The minimum Gasteiger partial charge on any atom is -0.342 e. The van der Waals surface area contributed by atoms with E-state index in [0.717, 1.165) is 5.56 Å². The maximum atomic E-state index is 12.5. The molecule has 0 radical (unpaired) electrons. The highest BCUT2D eigenvalue weighted by molar-refractivity contribution is 6.35. The second-order valence-corrected chi connectivity index (χ2v) is 6.76. The van der Waals surface area contributed by atoms with Crippen LogP contribution in [0.5, 0.6) is 0 Å². The molecule has 2 N–H and O–H groups in total. The lowest BCUT2D eigenvalue weighted by Crippen LogP contribution is -2.52. The molecule has 0 aliphatic heterocycles. The average Bonchev–Trinajstić information content (AvgIpc) is 2.51. The predicted molar refractivity (Wildman–Crippen MR) is 97.5 cm³/mol. The fourth-order valence-electron chi connectivity index (χ4n) is 2.10. The molecule has 2 aromatic carbocycles. The molecule has 0 atom stereocenters.